The van der Waals surface area contributed by atoms with Crippen molar-refractivity contribution >= 4 is 11.7 Å². The van der Waals surface area contributed by atoms with Crippen LogP contribution in [0.3, 0.4) is 0 Å². The molecule has 0 aromatic carbocycles. The fourth-order valence-electron chi connectivity index (χ4n) is 1.24. The van der Waals surface area contributed by atoms with Crippen LogP contribution < -0.4 is 5.73 Å². The first-order valence-corrected chi connectivity index (χ1v) is 5.14. The number of rotatable bonds is 5. The fraction of sp³-hybridized carbons (Fsp3) is 0.333. The molecule has 0 aliphatic heterocycles. The molecule has 4 heteroatoms. The van der Waals surface area contributed by atoms with E-state index >= 15 is 0 Å². The van der Waals surface area contributed by atoms with E-state index in [0.29, 0.717) is 23.8 Å². The van der Waals surface area contributed by atoms with Crippen molar-refractivity contribution in [3.8, 4) is 0 Å². The normalized spacial score (nSPS) is 11.9. The molecule has 0 aliphatic carbocycles. The summed E-state index contributed by atoms with van der Waals surface area (Å²) in [6.07, 6.45) is 0. The van der Waals surface area contributed by atoms with Crippen molar-refractivity contribution in [1.82, 2.24) is 4.98 Å². The van der Waals surface area contributed by atoms with Gasteiger partial charge < -0.3 is 10.5 Å². The topological polar surface area (TPSA) is 65.2 Å². The standard InChI is InChI=1S/C12H16N2O2/c1-4-16-9(3)11-7-5-6-10(14-11)8(2)12(13)15/h5-8H,3-4H2,1-2H3,(H2,13,15). The number of primary amides is 1. The van der Waals surface area contributed by atoms with Gasteiger partial charge in [0.25, 0.3) is 0 Å². The number of amides is 1. The zero-order valence-corrected chi connectivity index (χ0v) is 9.56. The molecule has 1 unspecified atom stereocenters. The highest BCUT2D eigenvalue weighted by molar-refractivity contribution is 5.81. The van der Waals surface area contributed by atoms with Crippen LogP contribution in [-0.2, 0) is 9.53 Å². The van der Waals surface area contributed by atoms with Crippen molar-refractivity contribution in [1.29, 1.82) is 0 Å². The Kier molecular flexibility index (Phi) is 4.05. The third kappa shape index (κ3) is 2.82. The first kappa shape index (κ1) is 12.2. The van der Waals surface area contributed by atoms with E-state index in [4.69, 9.17) is 10.5 Å². The molecule has 16 heavy (non-hydrogen) atoms. The van der Waals surface area contributed by atoms with Crippen LogP contribution in [0, 0.1) is 0 Å². The summed E-state index contributed by atoms with van der Waals surface area (Å²) < 4.78 is 5.25. The number of carbonyl (C=O) groups excluding carboxylic acids is 1. The number of hydrogen-bond donors (Lipinski definition) is 1. The largest absolute Gasteiger partial charge is 0.492 e. The molecule has 4 nitrogen and oxygen atoms in total. The second kappa shape index (κ2) is 5.30. The quantitative estimate of drug-likeness (QED) is 0.768. The van der Waals surface area contributed by atoms with Gasteiger partial charge in [0.2, 0.25) is 5.91 Å². The van der Waals surface area contributed by atoms with Crippen molar-refractivity contribution in [2.75, 3.05) is 6.61 Å². The lowest BCUT2D eigenvalue weighted by Gasteiger charge is -2.10. The van der Waals surface area contributed by atoms with Crippen molar-refractivity contribution in [2.45, 2.75) is 19.8 Å². The lowest BCUT2D eigenvalue weighted by molar-refractivity contribution is -0.119. The van der Waals surface area contributed by atoms with E-state index < -0.39 is 11.8 Å². The lowest BCUT2D eigenvalue weighted by Crippen LogP contribution is -2.19. The molecule has 86 valence electrons. The zero-order chi connectivity index (χ0) is 12.1. The summed E-state index contributed by atoms with van der Waals surface area (Å²) >= 11 is 0. The Morgan fingerprint density at radius 1 is 1.62 bits per heavy atom. The smallest absolute Gasteiger partial charge is 0.226 e. The number of carbonyl (C=O) groups is 1. The van der Waals surface area contributed by atoms with E-state index in [1.54, 1.807) is 25.1 Å². The van der Waals surface area contributed by atoms with Gasteiger partial charge in [0, 0.05) is 0 Å². The molecular formula is C12H16N2O2. The van der Waals surface area contributed by atoms with Crippen molar-refractivity contribution in [2.24, 2.45) is 5.73 Å². The monoisotopic (exact) mass is 220 g/mol. The molecule has 1 aromatic rings. The minimum Gasteiger partial charge on any atom is -0.492 e. The molecule has 1 aromatic heterocycles. The van der Waals surface area contributed by atoms with Crippen LogP contribution in [0.4, 0.5) is 0 Å². The van der Waals surface area contributed by atoms with Gasteiger partial charge in [-0.25, -0.2) is 4.98 Å². The summed E-state index contributed by atoms with van der Waals surface area (Å²) in [6, 6.07) is 5.36. The number of ether oxygens (including phenoxy) is 1. The van der Waals surface area contributed by atoms with Crippen LogP contribution in [-0.4, -0.2) is 17.5 Å². The van der Waals surface area contributed by atoms with Gasteiger partial charge in [0.15, 0.2) is 0 Å². The molecule has 1 rings (SSSR count). The summed E-state index contributed by atoms with van der Waals surface area (Å²) in [4.78, 5) is 15.3. The Morgan fingerprint density at radius 3 is 2.88 bits per heavy atom. The average Bonchev–Trinajstić information content (AvgIpc) is 2.28. The third-order valence-electron chi connectivity index (χ3n) is 2.25. The van der Waals surface area contributed by atoms with Gasteiger partial charge in [-0.15, -0.1) is 0 Å². The Hall–Kier alpha value is -1.84. The van der Waals surface area contributed by atoms with Gasteiger partial charge in [0.05, 0.1) is 18.2 Å². The summed E-state index contributed by atoms with van der Waals surface area (Å²) in [5, 5.41) is 0. The van der Waals surface area contributed by atoms with Gasteiger partial charge in [-0.3, -0.25) is 4.79 Å². The molecule has 0 spiro atoms. The van der Waals surface area contributed by atoms with E-state index in [-0.39, 0.29) is 0 Å². The molecule has 0 fully saturated rings. The van der Waals surface area contributed by atoms with E-state index in [0.717, 1.165) is 0 Å². The number of aromatic nitrogens is 1. The summed E-state index contributed by atoms with van der Waals surface area (Å²) in [6.45, 7) is 7.89. The molecule has 2 N–H and O–H groups in total. The maximum Gasteiger partial charge on any atom is 0.226 e. The summed E-state index contributed by atoms with van der Waals surface area (Å²) in [7, 11) is 0. The Balaban J connectivity index is 2.95. The van der Waals surface area contributed by atoms with Crippen LogP contribution in [0.2, 0.25) is 0 Å². The summed E-state index contributed by atoms with van der Waals surface area (Å²) in [5.41, 5.74) is 6.48. The van der Waals surface area contributed by atoms with Crippen molar-refractivity contribution in [3.05, 3.63) is 36.2 Å². The number of nitrogens with two attached hydrogens (primary N) is 1. The highest BCUT2D eigenvalue weighted by Crippen LogP contribution is 2.16. The maximum atomic E-state index is 11.0. The molecule has 1 amide bonds. The first-order chi connectivity index (χ1) is 7.56. The van der Waals surface area contributed by atoms with E-state index in [9.17, 15) is 4.79 Å². The highest BCUT2D eigenvalue weighted by Gasteiger charge is 2.14. The van der Waals surface area contributed by atoms with Gasteiger partial charge in [-0.1, -0.05) is 12.6 Å². The number of nitrogens with zero attached hydrogens (tertiary/aromatic N) is 1. The number of hydrogen-bond acceptors (Lipinski definition) is 3. The Morgan fingerprint density at radius 2 is 2.31 bits per heavy atom. The van der Waals surface area contributed by atoms with Crippen LogP contribution in [0.5, 0.6) is 0 Å². The molecule has 0 saturated carbocycles. The molecule has 0 saturated heterocycles. The van der Waals surface area contributed by atoms with Gasteiger partial charge in [-0.2, -0.15) is 0 Å². The van der Waals surface area contributed by atoms with E-state index in [1.165, 1.54) is 0 Å². The average molecular weight is 220 g/mol. The molecule has 1 atom stereocenters. The van der Waals surface area contributed by atoms with Crippen LogP contribution in [0.15, 0.2) is 24.8 Å². The van der Waals surface area contributed by atoms with Crippen molar-refractivity contribution < 1.29 is 9.53 Å². The highest BCUT2D eigenvalue weighted by atomic mass is 16.5. The van der Waals surface area contributed by atoms with Gasteiger partial charge in [-0.05, 0) is 26.0 Å². The zero-order valence-electron chi connectivity index (χ0n) is 9.56. The Labute approximate surface area is 95.1 Å². The minimum absolute atomic E-state index is 0.397. The predicted octanol–water partition coefficient (Wildman–Crippen LogP) is 1.68. The van der Waals surface area contributed by atoms with Gasteiger partial charge >= 0.3 is 0 Å². The Bertz CT molecular complexity index is 402. The van der Waals surface area contributed by atoms with Gasteiger partial charge in [0.1, 0.15) is 11.5 Å². The van der Waals surface area contributed by atoms with Crippen LogP contribution in [0.1, 0.15) is 31.2 Å². The second-order valence-corrected chi connectivity index (χ2v) is 3.43. The minimum atomic E-state index is -0.408. The molecule has 0 aliphatic rings. The van der Waals surface area contributed by atoms with Crippen LogP contribution in [0.25, 0.3) is 5.76 Å². The fourth-order valence-corrected chi connectivity index (χ4v) is 1.24. The predicted molar refractivity (Wildman–Crippen MR) is 62.5 cm³/mol. The maximum absolute atomic E-state index is 11.0. The van der Waals surface area contributed by atoms with Crippen molar-refractivity contribution in [3.63, 3.8) is 0 Å². The summed E-state index contributed by atoms with van der Waals surface area (Å²) in [5.74, 6) is -0.304. The third-order valence-corrected chi connectivity index (χ3v) is 2.25. The second-order valence-electron chi connectivity index (χ2n) is 3.43. The molecule has 0 bridgehead atoms. The molecular weight excluding hydrogens is 204 g/mol. The SMILES string of the molecule is C=C(OCC)c1cccc(C(C)C(N)=O)n1. The van der Waals surface area contributed by atoms with Crippen LogP contribution >= 0.6 is 0 Å². The molecule has 0 radical (unpaired) electrons. The molecule has 1 heterocycles. The first-order valence-electron chi connectivity index (χ1n) is 5.14. The van der Waals surface area contributed by atoms with E-state index in [2.05, 4.69) is 11.6 Å². The number of pyridine rings is 1. The van der Waals surface area contributed by atoms with E-state index in [1.807, 2.05) is 6.92 Å². The lowest BCUT2D eigenvalue weighted by atomic mass is 10.1.